The highest BCUT2D eigenvalue weighted by Gasteiger charge is 2.06. The number of nitrogens with two attached hydrogens (primary N) is 1. The van der Waals surface area contributed by atoms with E-state index in [-0.39, 0.29) is 6.04 Å². The van der Waals surface area contributed by atoms with E-state index >= 15 is 0 Å². The molecule has 0 radical (unpaired) electrons. The van der Waals surface area contributed by atoms with Gasteiger partial charge in [-0.15, -0.1) is 11.8 Å². The fourth-order valence-corrected chi connectivity index (χ4v) is 3.86. The minimum absolute atomic E-state index is 0.0389. The third kappa shape index (κ3) is 3.99. The average molecular weight is 357 g/mol. The minimum atomic E-state index is 0.0389. The third-order valence-corrected chi connectivity index (χ3v) is 4.91. The van der Waals surface area contributed by atoms with Gasteiger partial charge in [0, 0.05) is 26.2 Å². The molecule has 19 heavy (non-hydrogen) atoms. The molecule has 2 aromatic carbocycles. The lowest BCUT2D eigenvalue weighted by Gasteiger charge is -2.10. The molecule has 2 rings (SSSR count). The highest BCUT2D eigenvalue weighted by molar-refractivity contribution is 9.10. The van der Waals surface area contributed by atoms with Crippen molar-refractivity contribution in [3.63, 3.8) is 0 Å². The fraction of sp³-hybridized carbons (Fsp3) is 0.200. The van der Waals surface area contributed by atoms with Crippen molar-refractivity contribution < 1.29 is 0 Å². The molecule has 0 fully saturated rings. The molecule has 0 aliphatic heterocycles. The van der Waals surface area contributed by atoms with Gasteiger partial charge in [0.15, 0.2) is 0 Å². The smallest absolute Gasteiger partial charge is 0.0446 e. The second kappa shape index (κ2) is 6.80. The predicted octanol–water partition coefficient (Wildman–Crippen LogP) is 5.41. The van der Waals surface area contributed by atoms with Crippen molar-refractivity contribution in [2.24, 2.45) is 5.73 Å². The summed E-state index contributed by atoms with van der Waals surface area (Å²) in [5, 5.41) is 0.821. The molecule has 2 N–H and O–H groups in total. The zero-order valence-electron chi connectivity index (χ0n) is 10.6. The van der Waals surface area contributed by atoms with Gasteiger partial charge in [-0.3, -0.25) is 0 Å². The average Bonchev–Trinajstić information content (AvgIpc) is 2.37. The molecule has 0 bridgehead atoms. The Kier molecular flexibility index (Phi) is 5.34. The van der Waals surface area contributed by atoms with Crippen molar-refractivity contribution in [2.75, 3.05) is 0 Å². The molecule has 0 saturated carbocycles. The molecule has 1 atom stereocenters. The Labute approximate surface area is 131 Å². The maximum atomic E-state index is 6.15. The van der Waals surface area contributed by atoms with Gasteiger partial charge in [-0.05, 0) is 36.2 Å². The second-order valence-electron chi connectivity index (χ2n) is 4.35. The van der Waals surface area contributed by atoms with Crippen LogP contribution < -0.4 is 5.73 Å². The Morgan fingerprint density at radius 1 is 1.26 bits per heavy atom. The first-order chi connectivity index (χ1) is 9.08. The van der Waals surface area contributed by atoms with Gasteiger partial charge in [0.05, 0.1) is 0 Å². The fourth-order valence-electron chi connectivity index (χ4n) is 1.74. The summed E-state index contributed by atoms with van der Waals surface area (Å²) in [6.07, 6.45) is 0. The predicted molar refractivity (Wildman–Crippen MR) is 87.8 cm³/mol. The first-order valence-electron chi connectivity index (χ1n) is 5.99. The standard InChI is InChI=1S/C15H15BrClNS/c1-10(18)13-7-6-12(8-14(13)16)19-9-11-4-2-3-5-15(11)17/h2-8,10H,9,18H2,1H3/t10-/m0/s1. The Bertz CT molecular complexity index is 572. The van der Waals surface area contributed by atoms with E-state index in [0.717, 1.165) is 26.4 Å². The summed E-state index contributed by atoms with van der Waals surface area (Å²) < 4.78 is 1.06. The van der Waals surface area contributed by atoms with Crippen LogP contribution in [0.25, 0.3) is 0 Å². The molecule has 0 saturated heterocycles. The van der Waals surface area contributed by atoms with E-state index in [0.29, 0.717) is 0 Å². The van der Waals surface area contributed by atoms with Crippen LogP contribution in [0.15, 0.2) is 51.8 Å². The van der Waals surface area contributed by atoms with Crippen molar-refractivity contribution in [1.82, 2.24) is 0 Å². The molecule has 0 aliphatic carbocycles. The van der Waals surface area contributed by atoms with Gasteiger partial charge >= 0.3 is 0 Å². The van der Waals surface area contributed by atoms with Crippen molar-refractivity contribution in [3.8, 4) is 0 Å². The highest BCUT2D eigenvalue weighted by Crippen LogP contribution is 2.31. The first kappa shape index (κ1) is 14.9. The molecule has 1 nitrogen and oxygen atoms in total. The van der Waals surface area contributed by atoms with Crippen LogP contribution in [-0.2, 0) is 5.75 Å². The van der Waals surface area contributed by atoms with E-state index in [1.54, 1.807) is 11.8 Å². The normalized spacial score (nSPS) is 12.4. The van der Waals surface area contributed by atoms with Crippen molar-refractivity contribution in [3.05, 3.63) is 63.1 Å². The Hall–Kier alpha value is -0.480. The van der Waals surface area contributed by atoms with Crippen LogP contribution in [0.4, 0.5) is 0 Å². The van der Waals surface area contributed by atoms with E-state index in [4.69, 9.17) is 17.3 Å². The van der Waals surface area contributed by atoms with E-state index < -0.39 is 0 Å². The summed E-state index contributed by atoms with van der Waals surface area (Å²) in [6.45, 7) is 1.98. The number of halogens is 2. The van der Waals surface area contributed by atoms with E-state index in [1.807, 2.05) is 25.1 Å². The second-order valence-corrected chi connectivity index (χ2v) is 6.66. The van der Waals surface area contributed by atoms with Crippen LogP contribution in [-0.4, -0.2) is 0 Å². The Morgan fingerprint density at radius 2 is 2.00 bits per heavy atom. The first-order valence-corrected chi connectivity index (χ1v) is 8.15. The third-order valence-electron chi connectivity index (χ3n) is 2.81. The number of hydrogen-bond donors (Lipinski definition) is 1. The number of thioether (sulfide) groups is 1. The maximum Gasteiger partial charge on any atom is 0.0446 e. The van der Waals surface area contributed by atoms with Crippen molar-refractivity contribution in [2.45, 2.75) is 23.6 Å². The van der Waals surface area contributed by atoms with E-state index in [9.17, 15) is 0 Å². The van der Waals surface area contributed by atoms with Crippen molar-refractivity contribution >= 4 is 39.3 Å². The summed E-state index contributed by atoms with van der Waals surface area (Å²) in [6, 6.07) is 14.3. The lowest BCUT2D eigenvalue weighted by Crippen LogP contribution is -2.05. The van der Waals surface area contributed by atoms with Crippen LogP contribution in [0.1, 0.15) is 24.1 Å². The summed E-state index contributed by atoms with van der Waals surface area (Å²) in [5.41, 5.74) is 8.18. The Balaban J connectivity index is 2.08. The molecule has 0 spiro atoms. The summed E-state index contributed by atoms with van der Waals surface area (Å²) in [5.74, 6) is 0.865. The molecule has 0 aromatic heterocycles. The van der Waals surface area contributed by atoms with Crippen LogP contribution in [0, 0.1) is 0 Å². The molecule has 0 amide bonds. The van der Waals surface area contributed by atoms with Crippen LogP contribution >= 0.6 is 39.3 Å². The lowest BCUT2D eigenvalue weighted by atomic mass is 10.1. The quantitative estimate of drug-likeness (QED) is 0.741. The van der Waals surface area contributed by atoms with Gasteiger partial charge in [-0.2, -0.15) is 0 Å². The summed E-state index contributed by atoms with van der Waals surface area (Å²) in [7, 11) is 0. The van der Waals surface area contributed by atoms with Crippen LogP contribution in [0.5, 0.6) is 0 Å². The Morgan fingerprint density at radius 3 is 2.63 bits per heavy atom. The maximum absolute atomic E-state index is 6.15. The topological polar surface area (TPSA) is 26.0 Å². The monoisotopic (exact) mass is 355 g/mol. The van der Waals surface area contributed by atoms with Crippen molar-refractivity contribution in [1.29, 1.82) is 0 Å². The van der Waals surface area contributed by atoms with Gasteiger partial charge in [-0.1, -0.05) is 51.8 Å². The van der Waals surface area contributed by atoms with Gasteiger partial charge in [0.1, 0.15) is 0 Å². The number of benzene rings is 2. The van der Waals surface area contributed by atoms with E-state index in [1.165, 1.54) is 4.90 Å². The molecular weight excluding hydrogens is 342 g/mol. The van der Waals surface area contributed by atoms with Gasteiger partial charge in [0.2, 0.25) is 0 Å². The largest absolute Gasteiger partial charge is 0.324 e. The molecule has 100 valence electrons. The molecular formula is C15H15BrClNS. The van der Waals surface area contributed by atoms with Gasteiger partial charge in [0.25, 0.3) is 0 Å². The SMILES string of the molecule is C[C@H](N)c1ccc(SCc2ccccc2Cl)cc1Br. The molecule has 0 unspecified atom stereocenters. The molecule has 0 heterocycles. The minimum Gasteiger partial charge on any atom is -0.324 e. The summed E-state index contributed by atoms with van der Waals surface area (Å²) in [4.78, 5) is 1.20. The molecule has 0 aliphatic rings. The highest BCUT2D eigenvalue weighted by atomic mass is 79.9. The zero-order chi connectivity index (χ0) is 13.8. The van der Waals surface area contributed by atoms with Gasteiger partial charge < -0.3 is 5.73 Å². The number of rotatable bonds is 4. The van der Waals surface area contributed by atoms with E-state index in [2.05, 4.69) is 40.2 Å². The summed E-state index contributed by atoms with van der Waals surface area (Å²) >= 11 is 11.5. The molecule has 2 aromatic rings. The lowest BCUT2D eigenvalue weighted by molar-refractivity contribution is 0.811. The zero-order valence-corrected chi connectivity index (χ0v) is 13.7. The van der Waals surface area contributed by atoms with Crippen LogP contribution in [0.3, 0.4) is 0 Å². The molecule has 4 heteroatoms. The van der Waals surface area contributed by atoms with Gasteiger partial charge in [-0.25, -0.2) is 0 Å². The van der Waals surface area contributed by atoms with Crippen LogP contribution in [0.2, 0.25) is 5.02 Å². The number of hydrogen-bond acceptors (Lipinski definition) is 2.